The summed E-state index contributed by atoms with van der Waals surface area (Å²) in [6.45, 7) is 4.55. The first-order valence-electron chi connectivity index (χ1n) is 8.07. The second kappa shape index (κ2) is 6.26. The van der Waals surface area contributed by atoms with Crippen LogP contribution in [0.15, 0.2) is 53.5 Å². The third kappa shape index (κ3) is 2.92. The second-order valence-electron chi connectivity index (χ2n) is 5.83. The Hall–Kier alpha value is -1.89. The highest BCUT2D eigenvalue weighted by molar-refractivity contribution is 6.03. The summed E-state index contributed by atoms with van der Waals surface area (Å²) in [6, 6.07) is 17.5. The number of para-hydroxylation sites is 1. The van der Waals surface area contributed by atoms with Crippen LogP contribution in [0.1, 0.15) is 55.7 Å². The van der Waals surface area contributed by atoms with Crippen molar-refractivity contribution in [1.82, 2.24) is 0 Å². The third-order valence-corrected chi connectivity index (χ3v) is 4.56. The monoisotopic (exact) mass is 277 g/mol. The van der Waals surface area contributed by atoms with Crippen LogP contribution in [0.5, 0.6) is 0 Å². The highest BCUT2D eigenvalue weighted by atomic mass is 14.8. The van der Waals surface area contributed by atoms with E-state index in [0.29, 0.717) is 5.92 Å². The summed E-state index contributed by atoms with van der Waals surface area (Å²) in [6.07, 6.45) is 4.55. The highest BCUT2D eigenvalue weighted by Gasteiger charge is 2.14. The molecule has 0 spiro atoms. The number of benzene rings is 2. The van der Waals surface area contributed by atoms with Gasteiger partial charge < -0.3 is 0 Å². The summed E-state index contributed by atoms with van der Waals surface area (Å²) >= 11 is 0. The van der Waals surface area contributed by atoms with E-state index in [4.69, 9.17) is 4.99 Å². The zero-order valence-corrected chi connectivity index (χ0v) is 13.0. The van der Waals surface area contributed by atoms with Crippen LogP contribution in [0.25, 0.3) is 0 Å². The van der Waals surface area contributed by atoms with Gasteiger partial charge in [0.15, 0.2) is 0 Å². The molecule has 0 saturated carbocycles. The van der Waals surface area contributed by atoms with Crippen LogP contribution in [0, 0.1) is 0 Å². The Morgan fingerprint density at radius 1 is 0.952 bits per heavy atom. The molecule has 0 radical (unpaired) electrons. The van der Waals surface area contributed by atoms with E-state index in [0.717, 1.165) is 18.5 Å². The summed E-state index contributed by atoms with van der Waals surface area (Å²) in [5.74, 6) is 0.668. The van der Waals surface area contributed by atoms with Gasteiger partial charge in [-0.3, -0.25) is 4.99 Å². The summed E-state index contributed by atoms with van der Waals surface area (Å²) in [5, 5.41) is 0. The Bertz CT molecular complexity index is 650. The van der Waals surface area contributed by atoms with Gasteiger partial charge in [0.05, 0.1) is 5.69 Å². The number of aryl methyl sites for hydroxylation is 1. The Kier molecular flexibility index (Phi) is 4.19. The number of aliphatic imine (C=N–C) groups is 1. The first-order valence-corrected chi connectivity index (χ1v) is 8.07. The number of hydrogen-bond donors (Lipinski definition) is 0. The molecule has 0 amide bonds. The summed E-state index contributed by atoms with van der Waals surface area (Å²) in [5.41, 5.74) is 6.51. The Morgan fingerprint density at radius 2 is 1.76 bits per heavy atom. The zero-order valence-electron chi connectivity index (χ0n) is 13.0. The van der Waals surface area contributed by atoms with Gasteiger partial charge >= 0.3 is 0 Å². The number of hydrogen-bond acceptors (Lipinski definition) is 1. The molecule has 1 heterocycles. The molecule has 0 saturated heterocycles. The Balaban J connectivity index is 1.95. The highest BCUT2D eigenvalue weighted by Crippen LogP contribution is 2.29. The van der Waals surface area contributed by atoms with E-state index in [1.165, 1.54) is 35.2 Å². The molecule has 2 aromatic rings. The van der Waals surface area contributed by atoms with Crippen LogP contribution in [-0.2, 0) is 6.42 Å². The van der Waals surface area contributed by atoms with Crippen molar-refractivity contribution in [3.63, 3.8) is 0 Å². The molecular weight excluding hydrogens is 254 g/mol. The minimum Gasteiger partial charge on any atom is -0.253 e. The maximum Gasteiger partial charge on any atom is 0.0665 e. The van der Waals surface area contributed by atoms with Gasteiger partial charge in [-0.2, -0.15) is 0 Å². The lowest BCUT2D eigenvalue weighted by atomic mass is 9.90. The molecule has 2 aromatic carbocycles. The molecular formula is C20H23N. The van der Waals surface area contributed by atoms with Gasteiger partial charge in [-0.05, 0) is 60.4 Å². The molecule has 0 fully saturated rings. The van der Waals surface area contributed by atoms with Gasteiger partial charge in [-0.15, -0.1) is 0 Å². The van der Waals surface area contributed by atoms with Gasteiger partial charge in [-0.25, -0.2) is 0 Å². The van der Waals surface area contributed by atoms with E-state index in [9.17, 15) is 0 Å². The van der Waals surface area contributed by atoms with Crippen molar-refractivity contribution >= 4 is 11.4 Å². The third-order valence-electron chi connectivity index (χ3n) is 4.56. The van der Waals surface area contributed by atoms with E-state index >= 15 is 0 Å². The standard InChI is InChI=1S/C20H23N/c1-3-15(4-2)17-9-7-10-18(14-17)20-13-12-16-8-5-6-11-19(16)21-20/h5-11,14-15H,3-4,12-13H2,1-2H3. The van der Waals surface area contributed by atoms with Crippen LogP contribution in [-0.4, -0.2) is 5.71 Å². The van der Waals surface area contributed by atoms with Crippen LogP contribution < -0.4 is 0 Å². The van der Waals surface area contributed by atoms with Crippen LogP contribution >= 0.6 is 0 Å². The van der Waals surface area contributed by atoms with Crippen molar-refractivity contribution in [3.05, 3.63) is 65.2 Å². The average Bonchev–Trinajstić information content (AvgIpc) is 2.56. The second-order valence-corrected chi connectivity index (χ2v) is 5.83. The van der Waals surface area contributed by atoms with Crippen molar-refractivity contribution in [1.29, 1.82) is 0 Å². The lowest BCUT2D eigenvalue weighted by molar-refractivity contribution is 0.642. The SMILES string of the molecule is CCC(CC)c1cccc(C2=Nc3ccccc3CC2)c1. The molecule has 3 rings (SSSR count). The van der Waals surface area contributed by atoms with E-state index in [1.807, 2.05) is 0 Å². The number of fused-ring (bicyclic) bond motifs is 1. The van der Waals surface area contributed by atoms with Gasteiger partial charge in [-0.1, -0.05) is 50.2 Å². The summed E-state index contributed by atoms with van der Waals surface area (Å²) < 4.78 is 0. The fourth-order valence-corrected chi connectivity index (χ4v) is 3.23. The van der Waals surface area contributed by atoms with Crippen LogP contribution in [0.3, 0.4) is 0 Å². The zero-order chi connectivity index (χ0) is 14.7. The molecule has 1 nitrogen and oxygen atoms in total. The van der Waals surface area contributed by atoms with E-state index < -0.39 is 0 Å². The quantitative estimate of drug-likeness (QED) is 0.684. The maximum absolute atomic E-state index is 4.88. The molecule has 1 aliphatic heterocycles. The van der Waals surface area contributed by atoms with Crippen LogP contribution in [0.4, 0.5) is 5.69 Å². The molecule has 1 aliphatic rings. The fraction of sp³-hybridized carbons (Fsp3) is 0.350. The summed E-state index contributed by atoms with van der Waals surface area (Å²) in [7, 11) is 0. The van der Waals surface area contributed by atoms with Gasteiger partial charge in [0, 0.05) is 5.71 Å². The van der Waals surface area contributed by atoms with Crippen molar-refractivity contribution < 1.29 is 0 Å². The van der Waals surface area contributed by atoms with Gasteiger partial charge in [0.25, 0.3) is 0 Å². The number of nitrogens with zero attached hydrogens (tertiary/aromatic N) is 1. The van der Waals surface area contributed by atoms with Crippen molar-refractivity contribution in [2.24, 2.45) is 4.99 Å². The van der Waals surface area contributed by atoms with Crippen molar-refractivity contribution in [2.45, 2.75) is 45.4 Å². The van der Waals surface area contributed by atoms with E-state index in [-0.39, 0.29) is 0 Å². The predicted octanol–water partition coefficient (Wildman–Crippen LogP) is 5.66. The normalized spacial score (nSPS) is 14.0. The van der Waals surface area contributed by atoms with E-state index in [1.54, 1.807) is 0 Å². The molecule has 0 N–H and O–H groups in total. The first kappa shape index (κ1) is 14.1. The average molecular weight is 277 g/mol. The fourth-order valence-electron chi connectivity index (χ4n) is 3.23. The molecule has 108 valence electrons. The molecule has 1 heteroatoms. The Labute approximate surface area is 127 Å². The topological polar surface area (TPSA) is 12.4 Å². The largest absolute Gasteiger partial charge is 0.253 e. The Morgan fingerprint density at radius 3 is 2.57 bits per heavy atom. The van der Waals surface area contributed by atoms with Crippen LogP contribution in [0.2, 0.25) is 0 Å². The predicted molar refractivity (Wildman–Crippen MR) is 90.7 cm³/mol. The minimum absolute atomic E-state index is 0.668. The van der Waals surface area contributed by atoms with E-state index in [2.05, 4.69) is 62.4 Å². The molecule has 0 aliphatic carbocycles. The molecule has 0 atom stereocenters. The lowest BCUT2D eigenvalue weighted by Gasteiger charge is -2.18. The van der Waals surface area contributed by atoms with Gasteiger partial charge in [0.2, 0.25) is 0 Å². The van der Waals surface area contributed by atoms with Gasteiger partial charge in [0.1, 0.15) is 0 Å². The molecule has 0 bridgehead atoms. The minimum atomic E-state index is 0.668. The smallest absolute Gasteiger partial charge is 0.0665 e. The molecule has 0 unspecified atom stereocenters. The van der Waals surface area contributed by atoms with Crippen molar-refractivity contribution in [3.8, 4) is 0 Å². The van der Waals surface area contributed by atoms with Crippen molar-refractivity contribution in [2.75, 3.05) is 0 Å². The number of rotatable bonds is 4. The molecule has 0 aromatic heterocycles. The summed E-state index contributed by atoms with van der Waals surface area (Å²) in [4.78, 5) is 4.88. The lowest BCUT2D eigenvalue weighted by Crippen LogP contribution is -2.08. The first-order chi connectivity index (χ1) is 10.3. The maximum atomic E-state index is 4.88. The molecule has 21 heavy (non-hydrogen) atoms.